The van der Waals surface area contributed by atoms with Gasteiger partial charge in [0.15, 0.2) is 0 Å². The van der Waals surface area contributed by atoms with Crippen LogP contribution in [0.1, 0.15) is 0 Å². The van der Waals surface area contributed by atoms with E-state index in [1.54, 1.807) is 0 Å². The van der Waals surface area contributed by atoms with Crippen molar-refractivity contribution in [2.75, 3.05) is 0 Å². The molecule has 0 amide bonds. The van der Waals surface area contributed by atoms with E-state index in [9.17, 15) is 0 Å². The molecule has 0 aliphatic carbocycles. The van der Waals surface area contributed by atoms with Crippen LogP contribution in [-0.2, 0) is 45.0 Å². The summed E-state index contributed by atoms with van der Waals surface area (Å²) in [5.74, 6) is 0. The molecule has 0 aliphatic heterocycles. The summed E-state index contributed by atoms with van der Waals surface area (Å²) in [5, 5.41) is 0. The molecular formula is C10H13IIr2O2. The first-order valence-electron chi connectivity index (χ1n) is 2.51. The van der Waals surface area contributed by atoms with Gasteiger partial charge in [-0.1, -0.05) is 0 Å². The van der Waals surface area contributed by atoms with Crippen LogP contribution < -0.4 is 0 Å². The van der Waals surface area contributed by atoms with E-state index in [0.717, 1.165) is 0 Å². The Kier molecular flexibility index (Phi) is 149. The average molecular weight is 677 g/mol. The van der Waals surface area contributed by atoms with Gasteiger partial charge in [-0.25, -0.2) is 0 Å². The second-order valence-electron chi connectivity index (χ2n) is 1.08. The molecule has 0 saturated carbocycles. The van der Waals surface area contributed by atoms with Gasteiger partial charge in [-0.15, -0.1) is 0 Å². The summed E-state index contributed by atoms with van der Waals surface area (Å²) in [6.45, 7) is 6.50. The molecule has 15 heavy (non-hydrogen) atoms. The standard InChI is InChI=1S/C6H5.2CHO.2CH3.HI.2Ir/c1-2-4-6-5-3-1;2*1-2;;;;;/h1-5H;2*1H;2*1H3;1H;;/q5*-1;;2*+3/p-1. The molecule has 0 aromatic heterocycles. The Hall–Kier alpha value is 0.589. The Morgan fingerprint density at radius 1 is 0.867 bits per heavy atom. The summed E-state index contributed by atoms with van der Waals surface area (Å²) in [4.78, 5) is 15.5. The second kappa shape index (κ2) is 62.1. The topological polar surface area (TPSA) is 34.1 Å². The first kappa shape index (κ1) is 36.1. The van der Waals surface area contributed by atoms with Crippen molar-refractivity contribution in [1.82, 2.24) is 0 Å². The molecule has 5 heteroatoms. The zero-order valence-electron chi connectivity index (χ0n) is 8.40. The molecule has 0 N–H and O–H groups in total. The molecule has 0 bridgehead atoms. The van der Waals surface area contributed by atoms with Gasteiger partial charge in [-0.05, 0) is 0 Å². The molecule has 0 radical (unpaired) electrons. The Bertz CT molecular complexity index is 113. The molecule has 0 spiro atoms. The largest absolute Gasteiger partial charge is 3.00 e. The molecular weight excluding hydrogens is 663 g/mol. The van der Waals surface area contributed by atoms with E-state index in [1.165, 1.54) is 0 Å². The van der Waals surface area contributed by atoms with Gasteiger partial charge in [0, 0.05) is 0 Å². The molecule has 0 atom stereocenters. The molecule has 1 aromatic carbocycles. The van der Waals surface area contributed by atoms with E-state index in [1.807, 2.05) is 45.7 Å². The van der Waals surface area contributed by atoms with Crippen LogP contribution in [0.25, 0.3) is 0 Å². The van der Waals surface area contributed by atoms with Crippen LogP contribution in [0.2, 0.25) is 0 Å². The van der Waals surface area contributed by atoms with Crippen LogP contribution in [-0.4, -0.2) is 13.6 Å². The summed E-state index contributed by atoms with van der Waals surface area (Å²) in [5.41, 5.74) is 0. The first-order chi connectivity index (χ1) is 6.00. The molecule has 0 fully saturated rings. The fourth-order valence-corrected chi connectivity index (χ4v) is 0.342. The van der Waals surface area contributed by atoms with Gasteiger partial charge >= 0.3 is 55.0 Å². The van der Waals surface area contributed by atoms with Crippen molar-refractivity contribution >= 4 is 33.2 Å². The Morgan fingerprint density at radius 3 is 1.20 bits per heavy atom. The minimum Gasteiger partial charge on any atom is -0.184 e. The summed E-state index contributed by atoms with van der Waals surface area (Å²) in [6.07, 6.45) is 0. The maximum atomic E-state index is 7.75. The zero-order chi connectivity index (χ0) is 10.2. The number of rotatable bonds is 0. The number of hydrogen-bond acceptors (Lipinski definition) is 2. The first-order valence-corrected chi connectivity index (χ1v) is 9.30. The number of hydrogen-bond donors (Lipinski definition) is 0. The van der Waals surface area contributed by atoms with E-state index in [-0.39, 0.29) is 35.0 Å². The predicted octanol–water partition coefficient (Wildman–Crippen LogP) is 2.72. The van der Waals surface area contributed by atoms with E-state index in [2.05, 4.69) is 39.2 Å². The molecule has 0 unspecified atom stereocenters. The Morgan fingerprint density at radius 2 is 1.13 bits per heavy atom. The zero-order valence-corrected chi connectivity index (χ0v) is 15.4. The van der Waals surface area contributed by atoms with Crippen LogP contribution in [0.15, 0.2) is 30.3 Å². The third kappa shape index (κ3) is 53.3. The summed E-state index contributed by atoms with van der Waals surface area (Å²) in [6, 6.07) is 12.5. The average Bonchev–Trinajstić information content (AvgIpc) is 2.29. The van der Waals surface area contributed by atoms with E-state index >= 15 is 0 Å². The maximum absolute atomic E-state index is 7.75. The van der Waals surface area contributed by atoms with Crippen molar-refractivity contribution in [3.63, 3.8) is 0 Å². The van der Waals surface area contributed by atoms with E-state index < -0.39 is 0 Å². The van der Waals surface area contributed by atoms with Gasteiger partial charge in [0.1, 0.15) is 0 Å². The van der Waals surface area contributed by atoms with Crippen molar-refractivity contribution in [2.24, 2.45) is 0 Å². The van der Waals surface area contributed by atoms with Crippen LogP contribution in [0, 0.1) is 20.9 Å². The summed E-state index contributed by atoms with van der Waals surface area (Å²) >= 11 is 4.12. The van der Waals surface area contributed by atoms with Gasteiger partial charge in [0.25, 0.3) is 0 Å². The van der Waals surface area contributed by atoms with Crippen molar-refractivity contribution in [3.05, 3.63) is 51.3 Å². The Balaban J connectivity index is -0.0000000202. The molecule has 90 valence electrons. The smallest absolute Gasteiger partial charge is 0.184 e. The van der Waals surface area contributed by atoms with Crippen LogP contribution in [0.3, 0.4) is 0 Å². The van der Waals surface area contributed by atoms with Crippen LogP contribution in [0.4, 0.5) is 0 Å². The van der Waals surface area contributed by atoms with Crippen molar-refractivity contribution in [1.29, 1.82) is 0 Å². The molecule has 0 heterocycles. The molecule has 1 rings (SSSR count). The normalized spacial score (nSPS) is 4.13. The summed E-state index contributed by atoms with van der Waals surface area (Å²) in [7, 11) is 0. The minimum absolute atomic E-state index is 0. The van der Waals surface area contributed by atoms with Gasteiger partial charge in [-0.2, -0.15) is 36.4 Å². The predicted molar refractivity (Wildman–Crippen MR) is 65.6 cm³/mol. The number of halogens is 1. The molecule has 1 aromatic rings. The van der Waals surface area contributed by atoms with Crippen molar-refractivity contribution in [2.45, 2.75) is 0 Å². The molecule has 0 aliphatic rings. The SMILES string of the molecule is [CH-]=O.[CH-]=O.[CH3-].[CH3-].[I][Ir+2].[Ir+3].[c-]1ccccc1. The van der Waals surface area contributed by atoms with E-state index in [4.69, 9.17) is 9.59 Å². The van der Waals surface area contributed by atoms with Gasteiger partial charge in [-0.3, -0.25) is 13.6 Å². The number of carbonyl (C=O) groups excluding carboxylic acids is 2. The maximum Gasteiger partial charge on any atom is 3.00 e. The Labute approximate surface area is 128 Å². The van der Waals surface area contributed by atoms with Crippen LogP contribution >= 0.6 is 19.6 Å². The van der Waals surface area contributed by atoms with Crippen LogP contribution in [0.5, 0.6) is 0 Å². The summed E-state index contributed by atoms with van der Waals surface area (Å²) < 4.78 is 0. The van der Waals surface area contributed by atoms with Gasteiger partial charge in [0.2, 0.25) is 0 Å². The third-order valence-corrected chi connectivity index (χ3v) is 0.607. The molecule has 2 nitrogen and oxygen atoms in total. The molecule has 0 saturated heterocycles. The van der Waals surface area contributed by atoms with Gasteiger partial charge in [0.05, 0.1) is 0 Å². The minimum atomic E-state index is 0. The van der Waals surface area contributed by atoms with E-state index in [0.29, 0.717) is 0 Å². The fourth-order valence-electron chi connectivity index (χ4n) is 0.342. The number of benzene rings is 1. The third-order valence-electron chi connectivity index (χ3n) is 0.607. The van der Waals surface area contributed by atoms with Crippen molar-refractivity contribution < 1.29 is 45.0 Å². The second-order valence-corrected chi connectivity index (χ2v) is 1.08. The van der Waals surface area contributed by atoms with Crippen molar-refractivity contribution in [3.8, 4) is 0 Å². The fraction of sp³-hybridized carbons (Fsp3) is 0. The quantitative estimate of drug-likeness (QED) is 0.241. The monoisotopic (exact) mass is 678 g/mol. The van der Waals surface area contributed by atoms with Gasteiger partial charge < -0.3 is 24.4 Å².